The maximum absolute atomic E-state index is 10.8. The van der Waals surface area contributed by atoms with Crippen LogP contribution in [0.2, 0.25) is 0 Å². The molecule has 0 fully saturated rings. The topological polar surface area (TPSA) is 38.3 Å². The highest BCUT2D eigenvalue weighted by atomic mass is 35.5. The van der Waals surface area contributed by atoms with E-state index < -0.39 is 0 Å². The molecule has 0 radical (unpaired) electrons. The van der Waals surface area contributed by atoms with Gasteiger partial charge >= 0.3 is 5.97 Å². The minimum Gasteiger partial charge on any atom is -0.469 e. The molecule has 0 saturated carbocycles. The lowest BCUT2D eigenvalue weighted by atomic mass is 9.99. The van der Waals surface area contributed by atoms with E-state index in [1.54, 1.807) is 0 Å². The summed E-state index contributed by atoms with van der Waals surface area (Å²) in [6, 6.07) is 0. The third-order valence-electron chi connectivity index (χ3n) is 2.01. The first-order chi connectivity index (χ1) is 5.58. The summed E-state index contributed by atoms with van der Waals surface area (Å²) in [5.74, 6) is 0.294. The van der Waals surface area contributed by atoms with Crippen LogP contribution >= 0.6 is 24.0 Å². The van der Waals surface area contributed by atoms with Gasteiger partial charge in [0, 0.05) is 17.8 Å². The molecule has 1 atom stereocenters. The lowest BCUT2D eigenvalue weighted by molar-refractivity contribution is -0.141. The Hall–Kier alpha value is 0.01000. The Morgan fingerprint density at radius 1 is 1.62 bits per heavy atom. The van der Waals surface area contributed by atoms with Gasteiger partial charge in [0.05, 0.1) is 7.11 Å². The first-order valence-corrected chi connectivity index (χ1v) is 4.43. The number of alkyl halides is 1. The van der Waals surface area contributed by atoms with Crippen molar-refractivity contribution in [3.63, 3.8) is 0 Å². The van der Waals surface area contributed by atoms with Gasteiger partial charge in [-0.15, -0.1) is 24.0 Å². The normalized spacial score (nSPS) is 14.2. The van der Waals surface area contributed by atoms with Crippen LogP contribution in [0.1, 0.15) is 19.8 Å². The quantitative estimate of drug-likeness (QED) is 0.575. The molecule has 0 amide bonds. The molecule has 0 bridgehead atoms. The van der Waals surface area contributed by atoms with Gasteiger partial charge in [0.1, 0.15) is 0 Å². The summed E-state index contributed by atoms with van der Waals surface area (Å²) in [7, 11) is 3.22. The molecular weight excluding hydrogens is 213 g/mol. The molecule has 0 aliphatic carbocycles. The Morgan fingerprint density at radius 3 is 2.46 bits per heavy atom. The van der Waals surface area contributed by atoms with Crippen LogP contribution in [-0.4, -0.2) is 31.5 Å². The number of carbonyl (C=O) groups is 1. The van der Waals surface area contributed by atoms with E-state index >= 15 is 0 Å². The van der Waals surface area contributed by atoms with Crippen LogP contribution in [0.3, 0.4) is 0 Å². The van der Waals surface area contributed by atoms with Crippen molar-refractivity contribution in [1.82, 2.24) is 5.32 Å². The summed E-state index contributed by atoms with van der Waals surface area (Å²) >= 11 is 5.72. The number of nitrogens with one attached hydrogen (secondary N) is 1. The zero-order chi connectivity index (χ0) is 9.61. The largest absolute Gasteiger partial charge is 0.469 e. The Labute approximate surface area is 90.6 Å². The van der Waals surface area contributed by atoms with Gasteiger partial charge < -0.3 is 10.1 Å². The lowest BCUT2D eigenvalue weighted by Crippen LogP contribution is -2.42. The van der Waals surface area contributed by atoms with Crippen molar-refractivity contribution >= 4 is 30.0 Å². The van der Waals surface area contributed by atoms with Crippen molar-refractivity contribution < 1.29 is 9.53 Å². The molecule has 0 rings (SSSR count). The number of rotatable bonds is 5. The van der Waals surface area contributed by atoms with Gasteiger partial charge in [0.2, 0.25) is 0 Å². The van der Waals surface area contributed by atoms with E-state index in [9.17, 15) is 4.79 Å². The molecule has 1 N–H and O–H groups in total. The van der Waals surface area contributed by atoms with Crippen molar-refractivity contribution in [1.29, 1.82) is 0 Å². The molecule has 0 aromatic carbocycles. The predicted octanol–water partition coefficient (Wildman–Crippen LogP) is 1.58. The molecule has 80 valence electrons. The van der Waals surface area contributed by atoms with E-state index in [4.69, 9.17) is 11.6 Å². The molecule has 13 heavy (non-hydrogen) atoms. The fraction of sp³-hybridized carbons (Fsp3) is 0.875. The minimum absolute atomic E-state index is 0. The zero-order valence-electron chi connectivity index (χ0n) is 8.22. The average Bonchev–Trinajstić information content (AvgIpc) is 2.13. The van der Waals surface area contributed by atoms with Crippen molar-refractivity contribution in [2.24, 2.45) is 0 Å². The second kappa shape index (κ2) is 7.42. The molecular formula is C8H17Cl2NO2. The van der Waals surface area contributed by atoms with Gasteiger partial charge in [-0.25, -0.2) is 0 Å². The van der Waals surface area contributed by atoms with Crippen molar-refractivity contribution in [3.8, 4) is 0 Å². The van der Waals surface area contributed by atoms with Gasteiger partial charge in [-0.05, 0) is 20.4 Å². The Balaban J connectivity index is 0. The van der Waals surface area contributed by atoms with E-state index in [1.165, 1.54) is 7.11 Å². The van der Waals surface area contributed by atoms with Gasteiger partial charge in [0.25, 0.3) is 0 Å². The number of carbonyl (C=O) groups excluding carboxylic acids is 1. The van der Waals surface area contributed by atoms with E-state index in [2.05, 4.69) is 10.1 Å². The Morgan fingerprint density at radius 2 is 2.15 bits per heavy atom. The van der Waals surface area contributed by atoms with Crippen LogP contribution in [0.25, 0.3) is 0 Å². The second-order valence-corrected chi connectivity index (χ2v) is 3.29. The monoisotopic (exact) mass is 229 g/mol. The van der Waals surface area contributed by atoms with E-state index in [0.717, 1.165) is 0 Å². The Kier molecular flexibility index (Phi) is 8.83. The molecule has 0 saturated heterocycles. The van der Waals surface area contributed by atoms with Crippen LogP contribution in [-0.2, 0) is 9.53 Å². The van der Waals surface area contributed by atoms with E-state index in [0.29, 0.717) is 18.7 Å². The average molecular weight is 230 g/mol. The third-order valence-corrected chi connectivity index (χ3v) is 2.60. The molecule has 0 aliphatic rings. The van der Waals surface area contributed by atoms with Gasteiger partial charge in [-0.3, -0.25) is 4.79 Å². The van der Waals surface area contributed by atoms with Crippen LogP contribution in [0.4, 0.5) is 0 Å². The molecule has 0 aromatic heterocycles. The second-order valence-electron chi connectivity index (χ2n) is 3.02. The third kappa shape index (κ3) is 6.13. The number of esters is 1. The maximum atomic E-state index is 10.8. The fourth-order valence-electron chi connectivity index (χ4n) is 0.739. The van der Waals surface area contributed by atoms with E-state index in [-0.39, 0.29) is 23.9 Å². The molecule has 0 spiro atoms. The van der Waals surface area contributed by atoms with Crippen LogP contribution in [0.5, 0.6) is 0 Å². The molecule has 1 unspecified atom stereocenters. The Bertz CT molecular complexity index is 149. The lowest BCUT2D eigenvalue weighted by Gasteiger charge is -2.25. The van der Waals surface area contributed by atoms with Gasteiger partial charge in [0.15, 0.2) is 0 Å². The standard InChI is InChI=1S/C8H16ClNO2.ClH/c1-8(6-9,10-2)5-4-7(11)12-3;/h10H,4-6H2,1-3H3;1H. The van der Waals surface area contributed by atoms with Crippen molar-refractivity contribution in [3.05, 3.63) is 0 Å². The molecule has 0 heterocycles. The van der Waals surface area contributed by atoms with Crippen LogP contribution in [0, 0.1) is 0 Å². The smallest absolute Gasteiger partial charge is 0.305 e. The molecule has 3 nitrogen and oxygen atoms in total. The number of hydrogen-bond donors (Lipinski definition) is 1. The highest BCUT2D eigenvalue weighted by Gasteiger charge is 2.21. The number of ether oxygens (including phenoxy) is 1. The van der Waals surface area contributed by atoms with Crippen LogP contribution < -0.4 is 5.32 Å². The highest BCUT2D eigenvalue weighted by molar-refractivity contribution is 6.18. The first-order valence-electron chi connectivity index (χ1n) is 3.89. The number of hydrogen-bond acceptors (Lipinski definition) is 3. The first kappa shape index (κ1) is 15.5. The van der Waals surface area contributed by atoms with Crippen LogP contribution in [0.15, 0.2) is 0 Å². The molecule has 0 aliphatic heterocycles. The SMILES string of the molecule is CNC(C)(CCl)CCC(=O)OC.Cl. The summed E-state index contributed by atoms with van der Waals surface area (Å²) in [4.78, 5) is 10.8. The van der Waals surface area contributed by atoms with E-state index in [1.807, 2.05) is 14.0 Å². The van der Waals surface area contributed by atoms with Crippen molar-refractivity contribution in [2.75, 3.05) is 20.0 Å². The maximum Gasteiger partial charge on any atom is 0.305 e. The minimum atomic E-state index is -0.193. The predicted molar refractivity (Wildman–Crippen MR) is 56.7 cm³/mol. The highest BCUT2D eigenvalue weighted by Crippen LogP contribution is 2.13. The number of halogens is 2. The van der Waals surface area contributed by atoms with Gasteiger partial charge in [-0.2, -0.15) is 0 Å². The fourth-order valence-corrected chi connectivity index (χ4v) is 1.01. The number of methoxy groups -OCH3 is 1. The molecule has 5 heteroatoms. The summed E-state index contributed by atoms with van der Waals surface area (Å²) < 4.78 is 4.52. The van der Waals surface area contributed by atoms with Crippen molar-refractivity contribution in [2.45, 2.75) is 25.3 Å². The summed E-state index contributed by atoms with van der Waals surface area (Å²) in [6.45, 7) is 1.98. The summed E-state index contributed by atoms with van der Waals surface area (Å²) in [5, 5.41) is 3.07. The van der Waals surface area contributed by atoms with Gasteiger partial charge in [-0.1, -0.05) is 0 Å². The zero-order valence-corrected chi connectivity index (χ0v) is 9.80. The summed E-state index contributed by atoms with van der Waals surface area (Å²) in [6.07, 6.45) is 1.10. The summed E-state index contributed by atoms with van der Waals surface area (Å²) in [5.41, 5.74) is -0.171. The molecule has 0 aromatic rings.